The lowest BCUT2D eigenvalue weighted by Crippen LogP contribution is -2.54. The number of likely N-dealkylation sites (N-methyl/N-ethyl adjacent to an activating group) is 1. The van der Waals surface area contributed by atoms with Crippen molar-refractivity contribution in [3.8, 4) is 0 Å². The lowest BCUT2D eigenvalue weighted by Gasteiger charge is -2.39. The van der Waals surface area contributed by atoms with Gasteiger partial charge in [-0.05, 0) is 69.3 Å². The molecule has 0 atom stereocenters. The van der Waals surface area contributed by atoms with E-state index in [0.29, 0.717) is 44.2 Å². The van der Waals surface area contributed by atoms with Crippen LogP contribution in [0.25, 0.3) is 11.2 Å². The first kappa shape index (κ1) is 26.6. The highest BCUT2D eigenvalue weighted by Gasteiger charge is 2.24. The van der Waals surface area contributed by atoms with Gasteiger partial charge in [0.25, 0.3) is 5.91 Å². The Bertz CT molecular complexity index is 1340. The Balaban J connectivity index is 1.27. The minimum atomic E-state index is -0.283. The van der Waals surface area contributed by atoms with E-state index in [0.717, 1.165) is 48.7 Å². The smallest absolute Gasteiger partial charge is 0.410 e. The first-order chi connectivity index (χ1) is 19.0. The van der Waals surface area contributed by atoms with Crippen LogP contribution in [0.2, 0.25) is 0 Å². The number of rotatable bonds is 7. The number of hydrogen-bond acceptors (Lipinski definition) is 8. The molecule has 1 N–H and O–H groups in total. The number of hydrazine groups is 1. The molecule has 0 unspecified atom stereocenters. The van der Waals surface area contributed by atoms with Crippen molar-refractivity contribution in [1.82, 2.24) is 34.4 Å². The molecule has 0 spiro atoms. The molecule has 3 aromatic rings. The summed E-state index contributed by atoms with van der Waals surface area (Å²) in [4.78, 5) is 34.0. The Morgan fingerprint density at radius 2 is 1.82 bits per heavy atom. The first-order valence-corrected chi connectivity index (χ1v) is 13.6. The van der Waals surface area contributed by atoms with E-state index >= 15 is 0 Å². The monoisotopic (exact) mass is 532 g/mol. The number of piperazine rings is 1. The molecule has 2 aliphatic heterocycles. The number of fused-ring (bicyclic) bond motifs is 1. The lowest BCUT2D eigenvalue weighted by molar-refractivity contribution is -0.0308. The molecule has 206 valence electrons. The fraction of sp³-hybridized carbons (Fsp3) is 0.429. The maximum atomic E-state index is 13.2. The largest absolute Gasteiger partial charge is 0.450 e. The average molecular weight is 533 g/mol. The van der Waals surface area contributed by atoms with Gasteiger partial charge in [-0.15, -0.1) is 5.10 Å². The summed E-state index contributed by atoms with van der Waals surface area (Å²) < 4.78 is 6.87. The number of nitrogens with zero attached hydrogens (tertiary/aromatic N) is 7. The summed E-state index contributed by atoms with van der Waals surface area (Å²) in [6.07, 6.45) is 4.35. The van der Waals surface area contributed by atoms with Crippen LogP contribution < -0.4 is 5.32 Å². The molecule has 0 saturated carbocycles. The van der Waals surface area contributed by atoms with Crippen molar-refractivity contribution in [2.45, 2.75) is 20.3 Å². The van der Waals surface area contributed by atoms with Crippen LogP contribution in [0.1, 0.15) is 36.2 Å². The SMILES string of the molecule is CCOC(=O)N1CC=C(c2cccn3nc(Nc4ccc(C(=O)N(CC)N5CCN(C)CC5)cc4)nc23)CC1. The molecule has 2 aromatic heterocycles. The molecule has 5 rings (SSSR count). The van der Waals surface area contributed by atoms with Crippen LogP contribution in [0.3, 0.4) is 0 Å². The van der Waals surface area contributed by atoms with Gasteiger partial charge in [-0.2, -0.15) is 4.98 Å². The standard InChI is InChI=1S/C28H36N8O3/c1-4-36(34-19-17-32(3)18-20-34)26(37)22-8-10-23(11-9-22)29-27-30-25-24(7-6-14-35(25)31-27)21-12-15-33(16-13-21)28(38)39-5-2/h6-12,14H,4-5,13,15-20H2,1-3H3,(H,29,31). The van der Waals surface area contributed by atoms with Crippen LogP contribution >= 0.6 is 0 Å². The molecule has 1 aromatic carbocycles. The molecule has 11 nitrogen and oxygen atoms in total. The van der Waals surface area contributed by atoms with Gasteiger partial charge in [0.15, 0.2) is 5.65 Å². The van der Waals surface area contributed by atoms with Crippen molar-refractivity contribution in [3.63, 3.8) is 0 Å². The second-order valence-electron chi connectivity index (χ2n) is 9.73. The van der Waals surface area contributed by atoms with Gasteiger partial charge in [-0.3, -0.25) is 9.80 Å². The van der Waals surface area contributed by atoms with Crippen LogP contribution in [-0.4, -0.2) is 106 Å². The summed E-state index contributed by atoms with van der Waals surface area (Å²) >= 11 is 0. The molecular formula is C28H36N8O3. The summed E-state index contributed by atoms with van der Waals surface area (Å²) in [5.41, 5.74) is 4.31. The highest BCUT2D eigenvalue weighted by molar-refractivity contribution is 5.94. The summed E-state index contributed by atoms with van der Waals surface area (Å²) in [5.74, 6) is 0.477. The fourth-order valence-corrected chi connectivity index (χ4v) is 4.99. The second-order valence-corrected chi connectivity index (χ2v) is 9.73. The minimum absolute atomic E-state index is 0.00591. The molecule has 39 heavy (non-hydrogen) atoms. The molecular weight excluding hydrogens is 496 g/mol. The number of benzene rings is 1. The summed E-state index contributed by atoms with van der Waals surface area (Å²) in [5, 5.41) is 11.8. The molecule has 4 heterocycles. The Kier molecular flexibility index (Phi) is 8.08. The van der Waals surface area contributed by atoms with E-state index < -0.39 is 0 Å². The highest BCUT2D eigenvalue weighted by atomic mass is 16.6. The third-order valence-corrected chi connectivity index (χ3v) is 7.19. The minimum Gasteiger partial charge on any atom is -0.450 e. The molecule has 2 amide bonds. The summed E-state index contributed by atoms with van der Waals surface area (Å²) in [6.45, 7) is 9.51. The van der Waals surface area contributed by atoms with Gasteiger partial charge in [-0.1, -0.05) is 6.08 Å². The zero-order valence-electron chi connectivity index (χ0n) is 22.8. The van der Waals surface area contributed by atoms with Gasteiger partial charge in [0, 0.05) is 68.8 Å². The third kappa shape index (κ3) is 5.89. The van der Waals surface area contributed by atoms with E-state index in [1.165, 1.54) is 0 Å². The van der Waals surface area contributed by atoms with Gasteiger partial charge in [0.05, 0.1) is 6.61 Å². The van der Waals surface area contributed by atoms with E-state index in [1.807, 2.05) is 61.5 Å². The van der Waals surface area contributed by atoms with E-state index in [4.69, 9.17) is 9.72 Å². The number of pyridine rings is 1. The number of carbonyl (C=O) groups excluding carboxylic acids is 2. The van der Waals surface area contributed by atoms with Crippen molar-refractivity contribution in [2.75, 3.05) is 64.8 Å². The van der Waals surface area contributed by atoms with Gasteiger partial charge in [0.1, 0.15) is 0 Å². The maximum absolute atomic E-state index is 13.2. The predicted octanol–water partition coefficient (Wildman–Crippen LogP) is 3.34. The van der Waals surface area contributed by atoms with Crippen molar-refractivity contribution in [2.24, 2.45) is 0 Å². The van der Waals surface area contributed by atoms with E-state index in [1.54, 1.807) is 9.42 Å². The predicted molar refractivity (Wildman–Crippen MR) is 150 cm³/mol. The van der Waals surface area contributed by atoms with Crippen molar-refractivity contribution in [1.29, 1.82) is 0 Å². The third-order valence-electron chi connectivity index (χ3n) is 7.19. The van der Waals surface area contributed by atoms with Crippen LogP contribution in [0.4, 0.5) is 16.4 Å². The summed E-state index contributed by atoms with van der Waals surface area (Å²) in [6, 6.07) is 11.4. The number of carbonyl (C=O) groups is 2. The molecule has 11 heteroatoms. The fourth-order valence-electron chi connectivity index (χ4n) is 4.99. The Labute approximate surface area is 228 Å². The summed E-state index contributed by atoms with van der Waals surface area (Å²) in [7, 11) is 2.11. The lowest BCUT2D eigenvalue weighted by atomic mass is 10.0. The topological polar surface area (TPSA) is 98.5 Å². The van der Waals surface area contributed by atoms with E-state index in [-0.39, 0.29) is 12.0 Å². The quantitative estimate of drug-likeness (QED) is 0.495. The Hall–Kier alpha value is -3.96. The number of hydrogen-bond donors (Lipinski definition) is 1. The number of aromatic nitrogens is 3. The number of anilines is 2. The van der Waals surface area contributed by atoms with Gasteiger partial charge >= 0.3 is 6.09 Å². The van der Waals surface area contributed by atoms with Crippen LogP contribution in [0, 0.1) is 0 Å². The molecule has 1 saturated heterocycles. The maximum Gasteiger partial charge on any atom is 0.410 e. The van der Waals surface area contributed by atoms with E-state index in [9.17, 15) is 9.59 Å². The average Bonchev–Trinajstić information content (AvgIpc) is 3.37. The number of nitrogens with one attached hydrogen (secondary N) is 1. The zero-order valence-corrected chi connectivity index (χ0v) is 22.8. The normalized spacial score (nSPS) is 16.7. The molecule has 0 aliphatic carbocycles. The first-order valence-electron chi connectivity index (χ1n) is 13.6. The second kappa shape index (κ2) is 11.8. The van der Waals surface area contributed by atoms with Crippen LogP contribution in [0.5, 0.6) is 0 Å². The molecule has 2 aliphatic rings. The van der Waals surface area contributed by atoms with Crippen molar-refractivity contribution >= 4 is 34.9 Å². The van der Waals surface area contributed by atoms with Gasteiger partial charge in [0.2, 0.25) is 5.95 Å². The van der Waals surface area contributed by atoms with Crippen LogP contribution in [0.15, 0.2) is 48.7 Å². The van der Waals surface area contributed by atoms with Gasteiger partial charge in [-0.25, -0.2) is 14.3 Å². The number of ether oxygens (including phenoxy) is 1. The molecule has 0 bridgehead atoms. The van der Waals surface area contributed by atoms with E-state index in [2.05, 4.69) is 33.4 Å². The van der Waals surface area contributed by atoms with Crippen molar-refractivity contribution in [3.05, 3.63) is 59.8 Å². The van der Waals surface area contributed by atoms with Gasteiger partial charge < -0.3 is 19.9 Å². The molecule has 0 radical (unpaired) electrons. The highest BCUT2D eigenvalue weighted by Crippen LogP contribution is 2.27. The number of amides is 2. The molecule has 1 fully saturated rings. The Morgan fingerprint density at radius 3 is 2.49 bits per heavy atom. The Morgan fingerprint density at radius 1 is 1.05 bits per heavy atom. The zero-order chi connectivity index (χ0) is 27.4. The van der Waals surface area contributed by atoms with Crippen molar-refractivity contribution < 1.29 is 14.3 Å². The van der Waals surface area contributed by atoms with Crippen LogP contribution in [-0.2, 0) is 4.74 Å².